The summed E-state index contributed by atoms with van der Waals surface area (Å²) in [6.07, 6.45) is 0.211. The zero-order chi connectivity index (χ0) is 12.1. The fraction of sp³-hybridized carbons (Fsp3) is 0.583. The molecule has 1 aromatic heterocycles. The first-order valence-corrected chi connectivity index (χ1v) is 6.38. The minimum atomic E-state index is -0.729. The minimum Gasteiger partial charge on any atom is -0.481 e. The highest BCUT2D eigenvalue weighted by Crippen LogP contribution is 2.26. The molecule has 1 rings (SSSR count). The Morgan fingerprint density at radius 2 is 2.25 bits per heavy atom. The molecule has 0 saturated heterocycles. The maximum Gasteiger partial charge on any atom is 0.304 e. The zero-order valence-corrected chi connectivity index (χ0v) is 10.9. The minimum absolute atomic E-state index is 0.211. The van der Waals surface area contributed by atoms with Gasteiger partial charge in [0.25, 0.3) is 0 Å². The Hall–Kier alpha value is -0.870. The number of aryl methyl sites for hydroxylation is 1. The molecule has 1 unspecified atom stereocenters. The van der Waals surface area contributed by atoms with Gasteiger partial charge in [-0.2, -0.15) is 0 Å². The van der Waals surface area contributed by atoms with E-state index in [2.05, 4.69) is 37.8 Å². The van der Waals surface area contributed by atoms with Crippen LogP contribution in [0.15, 0.2) is 12.1 Å². The maximum atomic E-state index is 10.6. The van der Waals surface area contributed by atoms with Crippen LogP contribution in [0.3, 0.4) is 0 Å². The van der Waals surface area contributed by atoms with Crippen LogP contribution in [0.25, 0.3) is 0 Å². The summed E-state index contributed by atoms with van der Waals surface area (Å²) in [5.74, 6) is -0.729. The van der Waals surface area contributed by atoms with Crippen molar-refractivity contribution in [2.75, 3.05) is 13.1 Å². The predicted molar refractivity (Wildman–Crippen MR) is 67.0 cm³/mol. The van der Waals surface area contributed by atoms with E-state index in [4.69, 9.17) is 5.11 Å². The summed E-state index contributed by atoms with van der Waals surface area (Å²) in [6.45, 7) is 7.79. The highest BCUT2D eigenvalue weighted by molar-refractivity contribution is 7.12. The monoisotopic (exact) mass is 241 g/mol. The molecule has 0 spiro atoms. The molecule has 0 saturated carbocycles. The van der Waals surface area contributed by atoms with E-state index in [1.807, 2.05) is 0 Å². The van der Waals surface area contributed by atoms with Crippen molar-refractivity contribution in [2.45, 2.75) is 33.2 Å². The quantitative estimate of drug-likeness (QED) is 0.832. The van der Waals surface area contributed by atoms with Crippen LogP contribution in [-0.2, 0) is 4.79 Å². The topological polar surface area (TPSA) is 40.5 Å². The third-order valence-electron chi connectivity index (χ3n) is 2.74. The summed E-state index contributed by atoms with van der Waals surface area (Å²) < 4.78 is 0. The molecule has 90 valence electrons. The Morgan fingerprint density at radius 1 is 1.56 bits per heavy atom. The maximum absolute atomic E-state index is 10.6. The average Bonchev–Trinajstić information content (AvgIpc) is 2.65. The summed E-state index contributed by atoms with van der Waals surface area (Å²) in [6, 6.07) is 4.55. The number of nitrogens with zero attached hydrogens (tertiary/aromatic N) is 1. The highest BCUT2D eigenvalue weighted by atomic mass is 32.1. The molecule has 1 aromatic rings. The van der Waals surface area contributed by atoms with Crippen molar-refractivity contribution >= 4 is 17.3 Å². The van der Waals surface area contributed by atoms with Crippen molar-refractivity contribution in [1.29, 1.82) is 0 Å². The Morgan fingerprint density at radius 3 is 2.69 bits per heavy atom. The van der Waals surface area contributed by atoms with Crippen LogP contribution in [0.4, 0.5) is 0 Å². The molecule has 1 heterocycles. The standard InChI is InChI=1S/C12H19NO2S/c1-4-13(8-7-12(14)15)10(3)11-6-5-9(2)16-11/h5-6,10H,4,7-8H2,1-3H3,(H,14,15). The molecular weight excluding hydrogens is 222 g/mol. The van der Waals surface area contributed by atoms with Crippen molar-refractivity contribution in [3.05, 3.63) is 21.9 Å². The van der Waals surface area contributed by atoms with E-state index in [-0.39, 0.29) is 6.42 Å². The van der Waals surface area contributed by atoms with Crippen LogP contribution in [0.2, 0.25) is 0 Å². The normalized spacial score (nSPS) is 13.0. The second-order valence-electron chi connectivity index (χ2n) is 3.90. The van der Waals surface area contributed by atoms with Gasteiger partial charge in [-0.3, -0.25) is 9.69 Å². The van der Waals surface area contributed by atoms with Crippen LogP contribution in [-0.4, -0.2) is 29.1 Å². The SMILES string of the molecule is CCN(CCC(=O)O)C(C)c1ccc(C)s1. The molecule has 1 atom stereocenters. The third kappa shape index (κ3) is 3.61. The van der Waals surface area contributed by atoms with Gasteiger partial charge in [-0.1, -0.05) is 6.92 Å². The van der Waals surface area contributed by atoms with Gasteiger partial charge in [0, 0.05) is 22.3 Å². The van der Waals surface area contributed by atoms with Crippen LogP contribution < -0.4 is 0 Å². The Balaban J connectivity index is 2.61. The van der Waals surface area contributed by atoms with E-state index in [0.29, 0.717) is 12.6 Å². The summed E-state index contributed by atoms with van der Waals surface area (Å²) in [4.78, 5) is 15.4. The molecule has 0 bridgehead atoms. The lowest BCUT2D eigenvalue weighted by atomic mass is 10.2. The second-order valence-corrected chi connectivity index (χ2v) is 5.22. The fourth-order valence-electron chi connectivity index (χ4n) is 1.72. The number of thiophene rings is 1. The number of carboxylic acid groups (broad SMARTS) is 1. The molecule has 3 nitrogen and oxygen atoms in total. The van der Waals surface area contributed by atoms with E-state index in [1.54, 1.807) is 11.3 Å². The average molecular weight is 241 g/mol. The lowest BCUT2D eigenvalue weighted by molar-refractivity contribution is -0.137. The number of hydrogen-bond donors (Lipinski definition) is 1. The molecule has 0 aliphatic rings. The van der Waals surface area contributed by atoms with Gasteiger partial charge in [0.15, 0.2) is 0 Å². The van der Waals surface area contributed by atoms with Gasteiger partial charge >= 0.3 is 5.97 Å². The van der Waals surface area contributed by atoms with Gasteiger partial charge in [0.1, 0.15) is 0 Å². The smallest absolute Gasteiger partial charge is 0.304 e. The second kappa shape index (κ2) is 6.01. The molecule has 0 radical (unpaired) electrons. The van der Waals surface area contributed by atoms with Crippen LogP contribution >= 0.6 is 11.3 Å². The van der Waals surface area contributed by atoms with Gasteiger partial charge in [-0.15, -0.1) is 11.3 Å². The summed E-state index contributed by atoms with van der Waals surface area (Å²) >= 11 is 1.78. The van der Waals surface area contributed by atoms with Crippen LogP contribution in [0.5, 0.6) is 0 Å². The molecule has 16 heavy (non-hydrogen) atoms. The first kappa shape index (κ1) is 13.2. The molecule has 1 N–H and O–H groups in total. The van der Waals surface area contributed by atoms with Gasteiger partial charge < -0.3 is 5.11 Å². The fourth-order valence-corrected chi connectivity index (χ4v) is 2.69. The van der Waals surface area contributed by atoms with Crippen molar-refractivity contribution in [3.63, 3.8) is 0 Å². The highest BCUT2D eigenvalue weighted by Gasteiger charge is 2.16. The Bertz CT molecular complexity index is 349. The van der Waals surface area contributed by atoms with Crippen molar-refractivity contribution in [3.8, 4) is 0 Å². The molecule has 0 aliphatic heterocycles. The number of carbonyl (C=O) groups is 1. The Kier molecular flexibility index (Phi) is 4.96. The number of aliphatic carboxylic acids is 1. The molecule has 0 amide bonds. The number of hydrogen-bond acceptors (Lipinski definition) is 3. The van der Waals surface area contributed by atoms with Gasteiger partial charge in [-0.05, 0) is 32.5 Å². The zero-order valence-electron chi connectivity index (χ0n) is 10.1. The lowest BCUT2D eigenvalue weighted by Crippen LogP contribution is -2.28. The molecule has 4 heteroatoms. The molecule has 0 aromatic carbocycles. The first-order chi connectivity index (χ1) is 7.54. The lowest BCUT2D eigenvalue weighted by Gasteiger charge is -2.26. The van der Waals surface area contributed by atoms with Crippen molar-refractivity contribution in [1.82, 2.24) is 4.90 Å². The van der Waals surface area contributed by atoms with Gasteiger partial charge in [0.05, 0.1) is 6.42 Å². The van der Waals surface area contributed by atoms with E-state index < -0.39 is 5.97 Å². The van der Waals surface area contributed by atoms with Crippen molar-refractivity contribution < 1.29 is 9.90 Å². The molecule has 0 aliphatic carbocycles. The van der Waals surface area contributed by atoms with Crippen LogP contribution in [0.1, 0.15) is 36.1 Å². The first-order valence-electron chi connectivity index (χ1n) is 5.56. The Labute approximate surface area is 101 Å². The summed E-state index contributed by atoms with van der Waals surface area (Å²) in [5, 5.41) is 8.69. The van der Waals surface area contributed by atoms with Crippen molar-refractivity contribution in [2.24, 2.45) is 0 Å². The van der Waals surface area contributed by atoms with Crippen LogP contribution in [0, 0.1) is 6.92 Å². The predicted octanol–water partition coefficient (Wildman–Crippen LogP) is 2.91. The molecular formula is C12H19NO2S. The van der Waals surface area contributed by atoms with E-state index in [1.165, 1.54) is 9.75 Å². The third-order valence-corrected chi connectivity index (χ3v) is 3.91. The van der Waals surface area contributed by atoms with Gasteiger partial charge in [-0.25, -0.2) is 0 Å². The number of carboxylic acids is 1. The van der Waals surface area contributed by atoms with E-state index in [0.717, 1.165) is 6.54 Å². The molecule has 0 fully saturated rings. The van der Waals surface area contributed by atoms with Gasteiger partial charge in [0.2, 0.25) is 0 Å². The summed E-state index contributed by atoms with van der Waals surface area (Å²) in [5.41, 5.74) is 0. The van der Waals surface area contributed by atoms with E-state index in [9.17, 15) is 4.79 Å². The number of rotatable bonds is 6. The largest absolute Gasteiger partial charge is 0.481 e. The summed E-state index contributed by atoms with van der Waals surface area (Å²) in [7, 11) is 0. The van der Waals surface area contributed by atoms with E-state index >= 15 is 0 Å².